The standard InChI is InChI=1S/C24H25F4N7O2/c1-36-22-21-16(14-2-3-17-18(8-14)34(13-29-17)9-20(25)26)4-7-35(21)32-23(31-22)30-19-5-6-33(12-24(19,27)28)15-10-37-11-15/h2-4,7-8,13,15,19-20H,5-6,9-12H2,1H3,(H,30,32). The molecule has 0 bridgehead atoms. The summed E-state index contributed by atoms with van der Waals surface area (Å²) in [5.74, 6) is -2.74. The van der Waals surface area contributed by atoms with E-state index in [1.165, 1.54) is 22.5 Å². The van der Waals surface area contributed by atoms with Gasteiger partial charge in [-0.3, -0.25) is 4.90 Å². The summed E-state index contributed by atoms with van der Waals surface area (Å²) in [5, 5.41) is 7.23. The molecule has 1 atom stereocenters. The van der Waals surface area contributed by atoms with E-state index in [-0.39, 0.29) is 30.8 Å². The van der Waals surface area contributed by atoms with Crippen LogP contribution in [0.1, 0.15) is 6.42 Å². The van der Waals surface area contributed by atoms with Gasteiger partial charge < -0.3 is 19.4 Å². The lowest BCUT2D eigenvalue weighted by Crippen LogP contribution is -2.61. The molecule has 37 heavy (non-hydrogen) atoms. The number of imidazole rings is 1. The van der Waals surface area contributed by atoms with E-state index in [1.807, 2.05) is 6.07 Å². The van der Waals surface area contributed by atoms with Crippen molar-refractivity contribution < 1.29 is 27.0 Å². The molecule has 2 aliphatic heterocycles. The summed E-state index contributed by atoms with van der Waals surface area (Å²) >= 11 is 0. The Morgan fingerprint density at radius 3 is 2.78 bits per heavy atom. The van der Waals surface area contributed by atoms with Gasteiger partial charge in [0.25, 0.3) is 12.3 Å². The maximum atomic E-state index is 15.0. The van der Waals surface area contributed by atoms with Crippen molar-refractivity contribution in [3.05, 3.63) is 36.8 Å². The lowest BCUT2D eigenvalue weighted by Gasteiger charge is -2.44. The van der Waals surface area contributed by atoms with Crippen LogP contribution in [0.3, 0.4) is 0 Å². The Morgan fingerprint density at radius 1 is 1.24 bits per heavy atom. The van der Waals surface area contributed by atoms with Gasteiger partial charge in [0, 0.05) is 18.3 Å². The highest BCUT2D eigenvalue weighted by molar-refractivity contribution is 5.89. The van der Waals surface area contributed by atoms with Gasteiger partial charge in [0.05, 0.1) is 62.9 Å². The molecule has 196 valence electrons. The predicted molar refractivity (Wildman–Crippen MR) is 127 cm³/mol. The first-order valence-electron chi connectivity index (χ1n) is 12.0. The van der Waals surface area contributed by atoms with E-state index >= 15 is 0 Å². The van der Waals surface area contributed by atoms with Crippen molar-refractivity contribution in [3.8, 4) is 17.0 Å². The third-order valence-corrected chi connectivity index (χ3v) is 7.01. The van der Waals surface area contributed by atoms with Gasteiger partial charge in [0.15, 0.2) is 0 Å². The van der Waals surface area contributed by atoms with Crippen LogP contribution in [0.15, 0.2) is 36.8 Å². The maximum Gasteiger partial charge on any atom is 0.280 e. The number of rotatable bonds is 7. The summed E-state index contributed by atoms with van der Waals surface area (Å²) in [6.07, 6.45) is 0.789. The number of piperidine rings is 1. The molecule has 1 aromatic carbocycles. The van der Waals surface area contributed by atoms with Crippen LogP contribution in [0.25, 0.3) is 27.7 Å². The molecule has 0 radical (unpaired) electrons. The summed E-state index contributed by atoms with van der Waals surface area (Å²) in [6.45, 7) is 0.691. The van der Waals surface area contributed by atoms with Crippen LogP contribution in [0.4, 0.5) is 23.5 Å². The van der Waals surface area contributed by atoms with Crippen LogP contribution >= 0.6 is 0 Å². The lowest BCUT2D eigenvalue weighted by atomic mass is 9.98. The van der Waals surface area contributed by atoms with Gasteiger partial charge in [0.1, 0.15) is 5.52 Å². The fourth-order valence-corrected chi connectivity index (χ4v) is 4.99. The van der Waals surface area contributed by atoms with Crippen LogP contribution in [0.2, 0.25) is 0 Å². The number of aromatic nitrogens is 5. The molecule has 2 aliphatic rings. The monoisotopic (exact) mass is 519 g/mol. The molecule has 3 aromatic heterocycles. The first-order valence-corrected chi connectivity index (χ1v) is 12.0. The number of hydrogen-bond acceptors (Lipinski definition) is 7. The Bertz CT molecular complexity index is 1440. The lowest BCUT2D eigenvalue weighted by molar-refractivity contribution is -0.131. The largest absolute Gasteiger partial charge is 0.479 e. The Morgan fingerprint density at radius 2 is 2.08 bits per heavy atom. The second-order valence-electron chi connectivity index (χ2n) is 9.37. The minimum Gasteiger partial charge on any atom is -0.479 e. The van der Waals surface area contributed by atoms with Crippen molar-refractivity contribution in [2.45, 2.75) is 37.4 Å². The normalized spacial score (nSPS) is 20.5. The number of alkyl halides is 4. The number of fused-ring (bicyclic) bond motifs is 2. The number of anilines is 1. The highest BCUT2D eigenvalue weighted by atomic mass is 19.3. The molecule has 9 nitrogen and oxygen atoms in total. The number of nitrogens with one attached hydrogen (secondary N) is 1. The highest BCUT2D eigenvalue weighted by Gasteiger charge is 2.47. The molecule has 0 saturated carbocycles. The van der Waals surface area contributed by atoms with Crippen LogP contribution < -0.4 is 10.1 Å². The molecular weight excluding hydrogens is 494 g/mol. The fourth-order valence-electron chi connectivity index (χ4n) is 4.99. The SMILES string of the molecule is COc1nc(NC2CCN(C3COC3)CC2(F)F)nn2ccc(-c3ccc4ncn(CC(F)F)c4c3)c12. The summed E-state index contributed by atoms with van der Waals surface area (Å²) in [4.78, 5) is 10.3. The fraction of sp³-hybridized carbons (Fsp3) is 0.458. The number of methoxy groups -OCH3 is 1. The summed E-state index contributed by atoms with van der Waals surface area (Å²) in [7, 11) is 1.44. The van der Waals surface area contributed by atoms with Crippen molar-refractivity contribution >= 4 is 22.5 Å². The van der Waals surface area contributed by atoms with E-state index in [1.54, 1.807) is 29.3 Å². The molecule has 6 rings (SSSR count). The van der Waals surface area contributed by atoms with Gasteiger partial charge in [-0.25, -0.2) is 27.1 Å². The van der Waals surface area contributed by atoms with E-state index in [2.05, 4.69) is 20.4 Å². The molecule has 1 N–H and O–H groups in total. The number of halogens is 4. The van der Waals surface area contributed by atoms with Gasteiger partial charge >= 0.3 is 0 Å². The number of ether oxygens (including phenoxy) is 2. The minimum absolute atomic E-state index is 0.0297. The van der Waals surface area contributed by atoms with Crippen LogP contribution in [-0.2, 0) is 11.3 Å². The second kappa shape index (κ2) is 9.14. The molecule has 4 aromatic rings. The average Bonchev–Trinajstić information content (AvgIpc) is 3.42. The van der Waals surface area contributed by atoms with Gasteiger partial charge in [-0.2, -0.15) is 4.98 Å². The van der Waals surface area contributed by atoms with Crippen molar-refractivity contribution in [2.24, 2.45) is 0 Å². The molecule has 0 amide bonds. The topological polar surface area (TPSA) is 81.7 Å². The Balaban J connectivity index is 1.30. The number of nitrogens with zero attached hydrogens (tertiary/aromatic N) is 6. The summed E-state index contributed by atoms with van der Waals surface area (Å²) < 4.78 is 69.5. The van der Waals surface area contributed by atoms with Crippen molar-refractivity contribution in [1.29, 1.82) is 0 Å². The Kier molecular flexibility index (Phi) is 5.91. The van der Waals surface area contributed by atoms with E-state index in [0.29, 0.717) is 41.9 Å². The molecule has 2 saturated heterocycles. The highest BCUT2D eigenvalue weighted by Crippen LogP contribution is 2.35. The molecular formula is C24H25F4N7O2. The zero-order valence-corrected chi connectivity index (χ0v) is 20.0. The quantitative estimate of drug-likeness (QED) is 0.374. The number of benzene rings is 1. The van der Waals surface area contributed by atoms with E-state index in [9.17, 15) is 17.6 Å². The first-order chi connectivity index (χ1) is 17.8. The van der Waals surface area contributed by atoms with E-state index < -0.39 is 24.9 Å². The number of hydrogen-bond donors (Lipinski definition) is 1. The zero-order chi connectivity index (χ0) is 25.7. The molecule has 13 heteroatoms. The van der Waals surface area contributed by atoms with Gasteiger partial charge in [-0.1, -0.05) is 6.07 Å². The third kappa shape index (κ3) is 4.35. The zero-order valence-electron chi connectivity index (χ0n) is 20.0. The molecule has 0 spiro atoms. The smallest absolute Gasteiger partial charge is 0.280 e. The second-order valence-corrected chi connectivity index (χ2v) is 9.37. The molecule has 2 fully saturated rings. The first kappa shape index (κ1) is 23.9. The third-order valence-electron chi connectivity index (χ3n) is 7.01. The maximum absolute atomic E-state index is 15.0. The van der Waals surface area contributed by atoms with Crippen molar-refractivity contribution in [1.82, 2.24) is 29.0 Å². The van der Waals surface area contributed by atoms with Gasteiger partial charge in [-0.15, -0.1) is 5.10 Å². The molecule has 5 heterocycles. The van der Waals surface area contributed by atoms with E-state index in [0.717, 1.165) is 5.56 Å². The van der Waals surface area contributed by atoms with Crippen molar-refractivity contribution in [3.63, 3.8) is 0 Å². The summed E-state index contributed by atoms with van der Waals surface area (Å²) in [5.41, 5.74) is 3.12. The van der Waals surface area contributed by atoms with Crippen LogP contribution in [0, 0.1) is 0 Å². The average molecular weight is 520 g/mol. The molecule has 1 unspecified atom stereocenters. The Hall–Kier alpha value is -3.45. The predicted octanol–water partition coefficient (Wildman–Crippen LogP) is 3.54. The van der Waals surface area contributed by atoms with Gasteiger partial charge in [-0.05, 0) is 30.2 Å². The minimum atomic E-state index is -2.97. The van der Waals surface area contributed by atoms with Crippen LogP contribution in [0.5, 0.6) is 5.88 Å². The van der Waals surface area contributed by atoms with Gasteiger partial charge in [0.2, 0.25) is 11.8 Å². The number of likely N-dealkylation sites (tertiary alicyclic amines) is 1. The van der Waals surface area contributed by atoms with Crippen molar-refractivity contribution in [2.75, 3.05) is 38.7 Å². The Labute approximate surface area is 209 Å². The molecule has 0 aliphatic carbocycles. The van der Waals surface area contributed by atoms with Crippen LogP contribution in [-0.4, -0.2) is 86.9 Å². The summed E-state index contributed by atoms with van der Waals surface area (Å²) in [6, 6.07) is 6.06. The van der Waals surface area contributed by atoms with E-state index in [4.69, 9.17) is 9.47 Å².